The second kappa shape index (κ2) is 9.93. The van der Waals surface area contributed by atoms with Crippen LogP contribution in [0, 0.1) is 5.92 Å². The fourth-order valence-corrected chi connectivity index (χ4v) is 2.93. The van der Waals surface area contributed by atoms with Crippen molar-refractivity contribution in [2.75, 3.05) is 19.7 Å². The van der Waals surface area contributed by atoms with E-state index < -0.39 is 5.92 Å². The Labute approximate surface area is 129 Å². The second-order valence-electron chi connectivity index (χ2n) is 6.07. The van der Waals surface area contributed by atoms with E-state index in [1.54, 1.807) is 6.92 Å². The van der Waals surface area contributed by atoms with Gasteiger partial charge in [-0.3, -0.25) is 14.5 Å². The maximum absolute atomic E-state index is 11.9. The summed E-state index contributed by atoms with van der Waals surface area (Å²) in [5, 5.41) is 0. The molecule has 0 spiro atoms. The number of piperidine rings is 1. The maximum Gasteiger partial charge on any atom is 0.317 e. The minimum atomic E-state index is -0.568. The lowest BCUT2D eigenvalue weighted by Gasteiger charge is -2.35. The van der Waals surface area contributed by atoms with Gasteiger partial charge in [0.2, 0.25) is 0 Å². The van der Waals surface area contributed by atoms with Crippen LogP contribution < -0.4 is 0 Å². The Kier molecular flexibility index (Phi) is 8.58. The predicted octanol–water partition coefficient (Wildman–Crippen LogP) is 3.19. The van der Waals surface area contributed by atoms with Gasteiger partial charge < -0.3 is 4.74 Å². The van der Waals surface area contributed by atoms with Gasteiger partial charge in [0.05, 0.1) is 6.61 Å². The van der Waals surface area contributed by atoms with Gasteiger partial charge in [0, 0.05) is 25.6 Å². The molecule has 0 radical (unpaired) electrons. The Morgan fingerprint density at radius 1 is 1.29 bits per heavy atom. The van der Waals surface area contributed by atoms with E-state index in [2.05, 4.69) is 18.7 Å². The van der Waals surface area contributed by atoms with Gasteiger partial charge in [-0.05, 0) is 20.3 Å². The number of likely N-dealkylation sites (tertiary alicyclic amines) is 1. The van der Waals surface area contributed by atoms with E-state index in [0.717, 1.165) is 13.0 Å². The van der Waals surface area contributed by atoms with Crippen molar-refractivity contribution in [2.24, 2.45) is 5.92 Å². The monoisotopic (exact) mass is 297 g/mol. The molecule has 21 heavy (non-hydrogen) atoms. The zero-order valence-corrected chi connectivity index (χ0v) is 13.9. The summed E-state index contributed by atoms with van der Waals surface area (Å²) in [4.78, 5) is 26.0. The van der Waals surface area contributed by atoms with Gasteiger partial charge >= 0.3 is 5.97 Å². The lowest BCUT2D eigenvalue weighted by molar-refractivity contribution is -0.154. The summed E-state index contributed by atoms with van der Waals surface area (Å²) in [6.45, 7) is 7.87. The van der Waals surface area contributed by atoms with E-state index in [9.17, 15) is 9.59 Å². The molecule has 122 valence electrons. The Balaban J connectivity index is 2.37. The van der Waals surface area contributed by atoms with Gasteiger partial charge in [0.25, 0.3) is 0 Å². The van der Waals surface area contributed by atoms with Crippen molar-refractivity contribution in [2.45, 2.75) is 71.8 Å². The van der Waals surface area contributed by atoms with Crippen LogP contribution in [0.5, 0.6) is 0 Å². The van der Waals surface area contributed by atoms with Gasteiger partial charge in [-0.25, -0.2) is 0 Å². The lowest BCUT2D eigenvalue weighted by atomic mass is 9.94. The fourth-order valence-electron chi connectivity index (χ4n) is 2.93. The number of Topliss-reactive ketones (excluding diaryl/α,β-unsaturated/α-hetero) is 1. The van der Waals surface area contributed by atoms with E-state index in [0.29, 0.717) is 25.6 Å². The molecule has 0 aromatic rings. The minimum Gasteiger partial charge on any atom is -0.465 e. The van der Waals surface area contributed by atoms with Crippen LogP contribution in [0.1, 0.15) is 65.7 Å². The number of hydrogen-bond donors (Lipinski definition) is 0. The third-order valence-electron chi connectivity index (χ3n) is 4.37. The van der Waals surface area contributed by atoms with Crippen molar-refractivity contribution in [1.29, 1.82) is 0 Å². The highest BCUT2D eigenvalue weighted by molar-refractivity contribution is 5.99. The molecule has 1 aliphatic rings. The standard InChI is InChI=1S/C17H31NO3/c1-4-6-7-8-9-10-14(3)18-12-11-16(19)15(13-18)17(20)21-5-2/h14-15H,4-13H2,1-3H3. The maximum atomic E-state index is 11.9. The number of rotatable bonds is 9. The van der Waals surface area contributed by atoms with Gasteiger partial charge in [-0.15, -0.1) is 0 Å². The number of hydrogen-bond acceptors (Lipinski definition) is 4. The summed E-state index contributed by atoms with van der Waals surface area (Å²) in [6, 6.07) is 0.441. The van der Waals surface area contributed by atoms with Gasteiger partial charge in [-0.2, -0.15) is 0 Å². The molecule has 0 aliphatic carbocycles. The minimum absolute atomic E-state index is 0.0415. The van der Waals surface area contributed by atoms with Crippen molar-refractivity contribution in [3.63, 3.8) is 0 Å². The fraction of sp³-hybridized carbons (Fsp3) is 0.882. The van der Waals surface area contributed by atoms with Crippen LogP contribution in [0.15, 0.2) is 0 Å². The van der Waals surface area contributed by atoms with E-state index in [1.165, 1.54) is 32.1 Å². The van der Waals surface area contributed by atoms with Crippen LogP contribution in [0.3, 0.4) is 0 Å². The predicted molar refractivity (Wildman–Crippen MR) is 84.2 cm³/mol. The van der Waals surface area contributed by atoms with E-state index in [1.807, 2.05) is 0 Å². The van der Waals surface area contributed by atoms with Gasteiger partial charge in [-0.1, -0.05) is 39.0 Å². The molecule has 1 rings (SSSR count). The van der Waals surface area contributed by atoms with E-state index in [4.69, 9.17) is 4.74 Å². The molecule has 0 amide bonds. The van der Waals surface area contributed by atoms with Crippen LogP contribution in [0.2, 0.25) is 0 Å². The van der Waals surface area contributed by atoms with Crippen molar-refractivity contribution < 1.29 is 14.3 Å². The zero-order chi connectivity index (χ0) is 15.7. The summed E-state index contributed by atoms with van der Waals surface area (Å²) < 4.78 is 5.02. The van der Waals surface area contributed by atoms with Crippen molar-refractivity contribution in [1.82, 2.24) is 4.90 Å². The number of esters is 1. The van der Waals surface area contributed by atoms with Crippen LogP contribution >= 0.6 is 0 Å². The van der Waals surface area contributed by atoms with Crippen LogP contribution in [-0.4, -0.2) is 42.4 Å². The molecule has 4 nitrogen and oxygen atoms in total. The highest BCUT2D eigenvalue weighted by Gasteiger charge is 2.35. The lowest BCUT2D eigenvalue weighted by Crippen LogP contribution is -2.48. The number of carbonyl (C=O) groups is 2. The number of carbonyl (C=O) groups excluding carboxylic acids is 2. The number of unbranched alkanes of at least 4 members (excludes halogenated alkanes) is 4. The first-order chi connectivity index (χ1) is 10.1. The van der Waals surface area contributed by atoms with Crippen molar-refractivity contribution in [3.05, 3.63) is 0 Å². The Morgan fingerprint density at radius 3 is 2.67 bits per heavy atom. The number of ketones is 1. The average molecular weight is 297 g/mol. The summed E-state index contributed by atoms with van der Waals surface area (Å²) >= 11 is 0. The molecule has 0 N–H and O–H groups in total. The number of nitrogens with zero attached hydrogens (tertiary/aromatic N) is 1. The first-order valence-electron chi connectivity index (χ1n) is 8.53. The molecule has 2 unspecified atom stereocenters. The van der Waals surface area contributed by atoms with Crippen molar-refractivity contribution >= 4 is 11.8 Å². The first kappa shape index (κ1) is 18.1. The molecular formula is C17H31NO3. The van der Waals surface area contributed by atoms with Gasteiger partial charge in [0.15, 0.2) is 0 Å². The molecule has 1 fully saturated rings. The Hall–Kier alpha value is -0.900. The summed E-state index contributed by atoms with van der Waals surface area (Å²) in [7, 11) is 0. The molecule has 1 aliphatic heterocycles. The molecule has 1 saturated heterocycles. The summed E-state index contributed by atoms with van der Waals surface area (Å²) in [6.07, 6.45) is 8.04. The van der Waals surface area contributed by atoms with Crippen LogP contribution in [0.25, 0.3) is 0 Å². The second-order valence-corrected chi connectivity index (χ2v) is 6.07. The highest BCUT2D eigenvalue weighted by atomic mass is 16.5. The third-order valence-corrected chi connectivity index (χ3v) is 4.37. The molecule has 0 saturated carbocycles. The molecule has 0 aromatic heterocycles. The summed E-state index contributed by atoms with van der Waals surface area (Å²) in [5.41, 5.74) is 0. The smallest absolute Gasteiger partial charge is 0.317 e. The molecule has 1 heterocycles. The normalized spacial score (nSPS) is 21.3. The average Bonchev–Trinajstić information content (AvgIpc) is 2.47. The first-order valence-corrected chi connectivity index (χ1v) is 8.53. The topological polar surface area (TPSA) is 46.6 Å². The van der Waals surface area contributed by atoms with Crippen molar-refractivity contribution in [3.8, 4) is 0 Å². The number of ether oxygens (including phenoxy) is 1. The molecular weight excluding hydrogens is 266 g/mol. The van der Waals surface area contributed by atoms with E-state index >= 15 is 0 Å². The Morgan fingerprint density at radius 2 is 2.00 bits per heavy atom. The highest BCUT2D eigenvalue weighted by Crippen LogP contribution is 2.20. The van der Waals surface area contributed by atoms with E-state index in [-0.39, 0.29) is 11.8 Å². The van der Waals surface area contributed by atoms with Gasteiger partial charge in [0.1, 0.15) is 11.7 Å². The molecule has 2 atom stereocenters. The SMILES string of the molecule is CCCCCCCC(C)N1CCC(=O)C(C(=O)OCC)C1. The molecule has 4 heteroatoms. The van der Waals surface area contributed by atoms with Crippen LogP contribution in [-0.2, 0) is 14.3 Å². The summed E-state index contributed by atoms with van der Waals surface area (Å²) in [5.74, 6) is -0.872. The molecule has 0 aromatic carbocycles. The largest absolute Gasteiger partial charge is 0.465 e. The quantitative estimate of drug-likeness (QED) is 0.372. The van der Waals surface area contributed by atoms with Crippen LogP contribution in [0.4, 0.5) is 0 Å². The zero-order valence-electron chi connectivity index (χ0n) is 13.9. The molecule has 0 bridgehead atoms. The Bertz CT molecular complexity index is 330. The third kappa shape index (κ3) is 6.16.